The number of hydrogen-bond donors (Lipinski definition) is 2. The molecule has 6 heteroatoms. The van der Waals surface area contributed by atoms with Gasteiger partial charge in [0.25, 0.3) is 0 Å². The molecule has 0 spiro atoms. The first-order valence-electron chi connectivity index (χ1n) is 5.63. The van der Waals surface area contributed by atoms with E-state index in [1.54, 1.807) is 20.8 Å². The van der Waals surface area contributed by atoms with Gasteiger partial charge in [0.2, 0.25) is 0 Å². The minimum absolute atomic E-state index is 0.247. The minimum Gasteiger partial charge on any atom is -0.479 e. The smallest absolute Gasteiger partial charge is 0.407 e. The Bertz CT molecular complexity index is 297. The van der Waals surface area contributed by atoms with E-state index in [0.717, 1.165) is 0 Å². The normalized spacial score (nSPS) is 24.4. The van der Waals surface area contributed by atoms with Gasteiger partial charge in [-0.25, -0.2) is 9.59 Å². The Morgan fingerprint density at radius 1 is 1.41 bits per heavy atom. The predicted octanol–water partition coefficient (Wildman–Crippen LogP) is 1.14. The van der Waals surface area contributed by atoms with Crippen LogP contribution >= 0.6 is 0 Å². The molecule has 1 amide bonds. The Kier molecular flexibility index (Phi) is 4.34. The molecule has 0 aromatic carbocycles. The summed E-state index contributed by atoms with van der Waals surface area (Å²) in [4.78, 5) is 22.0. The van der Waals surface area contributed by atoms with Crippen LogP contribution in [0.1, 0.15) is 33.6 Å². The van der Waals surface area contributed by atoms with Crippen molar-refractivity contribution >= 4 is 12.1 Å². The van der Waals surface area contributed by atoms with Crippen LogP contribution in [0.4, 0.5) is 4.79 Å². The van der Waals surface area contributed by atoms with Gasteiger partial charge in [0.05, 0.1) is 6.10 Å². The van der Waals surface area contributed by atoms with Gasteiger partial charge in [-0.05, 0) is 33.6 Å². The molecule has 1 saturated heterocycles. The molecule has 17 heavy (non-hydrogen) atoms. The van der Waals surface area contributed by atoms with Crippen molar-refractivity contribution in [3.8, 4) is 0 Å². The highest BCUT2D eigenvalue weighted by atomic mass is 16.6. The molecule has 2 atom stereocenters. The molecule has 1 heterocycles. The average molecular weight is 245 g/mol. The Hall–Kier alpha value is -1.30. The van der Waals surface area contributed by atoms with Crippen molar-refractivity contribution in [2.75, 3.05) is 6.54 Å². The predicted molar refractivity (Wildman–Crippen MR) is 59.8 cm³/mol. The number of hydrogen-bond acceptors (Lipinski definition) is 4. The Balaban J connectivity index is 2.24. The van der Waals surface area contributed by atoms with E-state index >= 15 is 0 Å². The van der Waals surface area contributed by atoms with E-state index < -0.39 is 23.8 Å². The Labute approximate surface area is 100 Å². The largest absolute Gasteiger partial charge is 0.479 e. The molecule has 2 N–H and O–H groups in total. The molecule has 98 valence electrons. The summed E-state index contributed by atoms with van der Waals surface area (Å²) < 4.78 is 10.3. The molecule has 1 fully saturated rings. The second kappa shape index (κ2) is 5.35. The lowest BCUT2D eigenvalue weighted by molar-refractivity contribution is -0.149. The Morgan fingerprint density at radius 3 is 2.53 bits per heavy atom. The molecule has 0 saturated carbocycles. The number of alkyl carbamates (subject to hydrolysis) is 1. The van der Waals surface area contributed by atoms with Gasteiger partial charge in [0.1, 0.15) is 5.60 Å². The molecular weight excluding hydrogens is 226 g/mol. The number of aliphatic carboxylic acids is 1. The van der Waals surface area contributed by atoms with Crippen molar-refractivity contribution in [2.24, 2.45) is 0 Å². The first kappa shape index (κ1) is 13.8. The summed E-state index contributed by atoms with van der Waals surface area (Å²) in [6.45, 7) is 5.61. The Morgan fingerprint density at radius 2 is 2.06 bits per heavy atom. The topological polar surface area (TPSA) is 84.9 Å². The molecule has 1 aliphatic rings. The van der Waals surface area contributed by atoms with Crippen molar-refractivity contribution in [3.05, 3.63) is 0 Å². The maximum absolute atomic E-state index is 11.3. The van der Waals surface area contributed by atoms with Gasteiger partial charge in [0, 0.05) is 6.54 Å². The third-order valence-electron chi connectivity index (χ3n) is 2.26. The summed E-state index contributed by atoms with van der Waals surface area (Å²) in [5.41, 5.74) is -0.537. The van der Waals surface area contributed by atoms with Crippen molar-refractivity contribution in [3.63, 3.8) is 0 Å². The van der Waals surface area contributed by atoms with Crippen LogP contribution in [0.2, 0.25) is 0 Å². The van der Waals surface area contributed by atoms with Gasteiger partial charge in [-0.3, -0.25) is 0 Å². The number of carboxylic acid groups (broad SMARTS) is 1. The highest BCUT2D eigenvalue weighted by molar-refractivity contribution is 5.72. The number of amides is 1. The number of nitrogens with one attached hydrogen (secondary N) is 1. The summed E-state index contributed by atoms with van der Waals surface area (Å²) in [5, 5.41) is 11.3. The third kappa shape index (κ3) is 5.04. The molecule has 0 aromatic rings. The third-order valence-corrected chi connectivity index (χ3v) is 2.26. The lowest BCUT2D eigenvalue weighted by atomic mass is 10.2. The summed E-state index contributed by atoms with van der Waals surface area (Å²) in [6.07, 6.45) is -0.396. The van der Waals surface area contributed by atoms with Crippen LogP contribution in [0, 0.1) is 0 Å². The van der Waals surface area contributed by atoms with Crippen molar-refractivity contribution in [1.82, 2.24) is 5.32 Å². The average Bonchev–Trinajstić information content (AvgIpc) is 2.60. The maximum Gasteiger partial charge on any atom is 0.407 e. The standard InChI is InChI=1S/C11H19NO5/c1-11(2,3)17-10(15)12-6-7-4-5-8(16-7)9(13)14/h7-8H,4-6H2,1-3H3,(H,12,15)(H,13,14)/t7?,8-/m0/s1. The van der Waals surface area contributed by atoms with Gasteiger partial charge < -0.3 is 19.9 Å². The SMILES string of the molecule is CC(C)(C)OC(=O)NCC1CC[C@@H](C(=O)O)O1. The van der Waals surface area contributed by atoms with E-state index in [2.05, 4.69) is 5.32 Å². The van der Waals surface area contributed by atoms with E-state index in [9.17, 15) is 9.59 Å². The molecule has 1 aliphatic heterocycles. The lowest BCUT2D eigenvalue weighted by Crippen LogP contribution is -2.37. The van der Waals surface area contributed by atoms with E-state index in [-0.39, 0.29) is 12.6 Å². The summed E-state index contributed by atoms with van der Waals surface area (Å²) in [5.74, 6) is -0.954. The van der Waals surface area contributed by atoms with Crippen molar-refractivity contribution in [2.45, 2.75) is 51.4 Å². The zero-order chi connectivity index (χ0) is 13.1. The monoisotopic (exact) mass is 245 g/mol. The van der Waals surface area contributed by atoms with Crippen LogP contribution in [-0.4, -0.2) is 41.5 Å². The van der Waals surface area contributed by atoms with Crippen LogP contribution in [0.3, 0.4) is 0 Å². The quantitative estimate of drug-likeness (QED) is 0.779. The van der Waals surface area contributed by atoms with E-state index in [0.29, 0.717) is 12.8 Å². The van der Waals surface area contributed by atoms with Gasteiger partial charge in [-0.2, -0.15) is 0 Å². The van der Waals surface area contributed by atoms with E-state index in [4.69, 9.17) is 14.6 Å². The molecule has 0 radical (unpaired) electrons. The number of rotatable bonds is 3. The highest BCUT2D eigenvalue weighted by Gasteiger charge is 2.30. The minimum atomic E-state index is -0.954. The van der Waals surface area contributed by atoms with Gasteiger partial charge in [0.15, 0.2) is 6.10 Å². The maximum atomic E-state index is 11.3. The van der Waals surface area contributed by atoms with Crippen LogP contribution in [0.25, 0.3) is 0 Å². The zero-order valence-corrected chi connectivity index (χ0v) is 10.4. The molecule has 0 aliphatic carbocycles. The molecule has 1 unspecified atom stereocenters. The molecule has 1 rings (SSSR count). The zero-order valence-electron chi connectivity index (χ0n) is 10.4. The van der Waals surface area contributed by atoms with Gasteiger partial charge >= 0.3 is 12.1 Å². The fraction of sp³-hybridized carbons (Fsp3) is 0.818. The molecule has 0 aromatic heterocycles. The molecular formula is C11H19NO5. The van der Waals surface area contributed by atoms with Gasteiger partial charge in [-0.1, -0.05) is 0 Å². The first-order chi connectivity index (χ1) is 7.78. The molecule has 6 nitrogen and oxygen atoms in total. The van der Waals surface area contributed by atoms with Crippen molar-refractivity contribution in [1.29, 1.82) is 0 Å². The van der Waals surface area contributed by atoms with Crippen LogP contribution < -0.4 is 5.32 Å². The van der Waals surface area contributed by atoms with Crippen LogP contribution in [-0.2, 0) is 14.3 Å². The number of carbonyl (C=O) groups excluding carboxylic acids is 1. The summed E-state index contributed by atoms with van der Waals surface area (Å²) >= 11 is 0. The second-order valence-electron chi connectivity index (χ2n) is 5.05. The summed E-state index contributed by atoms with van der Waals surface area (Å²) in [6, 6.07) is 0. The highest BCUT2D eigenvalue weighted by Crippen LogP contribution is 2.19. The number of carbonyl (C=O) groups is 2. The van der Waals surface area contributed by atoms with Crippen molar-refractivity contribution < 1.29 is 24.2 Å². The molecule has 0 bridgehead atoms. The van der Waals surface area contributed by atoms with E-state index in [1.807, 2.05) is 0 Å². The van der Waals surface area contributed by atoms with Crippen LogP contribution in [0.15, 0.2) is 0 Å². The lowest BCUT2D eigenvalue weighted by Gasteiger charge is -2.20. The fourth-order valence-electron chi connectivity index (χ4n) is 1.55. The fourth-order valence-corrected chi connectivity index (χ4v) is 1.55. The van der Waals surface area contributed by atoms with Crippen LogP contribution in [0.5, 0.6) is 0 Å². The first-order valence-corrected chi connectivity index (χ1v) is 5.63. The number of ether oxygens (including phenoxy) is 2. The summed E-state index contributed by atoms with van der Waals surface area (Å²) in [7, 11) is 0. The second-order valence-corrected chi connectivity index (χ2v) is 5.05. The number of carboxylic acids is 1. The van der Waals surface area contributed by atoms with Gasteiger partial charge in [-0.15, -0.1) is 0 Å². The van der Waals surface area contributed by atoms with E-state index in [1.165, 1.54) is 0 Å².